The van der Waals surface area contributed by atoms with Gasteiger partial charge in [0.1, 0.15) is 5.82 Å². The molecule has 0 unspecified atom stereocenters. The second kappa shape index (κ2) is 3.63. The maximum absolute atomic E-state index is 13.0. The van der Waals surface area contributed by atoms with Gasteiger partial charge in [0.15, 0.2) is 0 Å². The lowest BCUT2D eigenvalue weighted by Gasteiger charge is -2.24. The van der Waals surface area contributed by atoms with E-state index in [1.165, 1.54) is 18.9 Å². The summed E-state index contributed by atoms with van der Waals surface area (Å²) in [5.41, 5.74) is 7.07. The van der Waals surface area contributed by atoms with Crippen LogP contribution >= 0.6 is 15.9 Å². The first kappa shape index (κ1) is 10.1. The molecule has 0 atom stereocenters. The van der Waals surface area contributed by atoms with Gasteiger partial charge in [-0.25, -0.2) is 4.39 Å². The zero-order valence-electron chi connectivity index (χ0n) is 7.89. The third kappa shape index (κ3) is 1.71. The van der Waals surface area contributed by atoms with Crippen LogP contribution in [0.1, 0.15) is 31.2 Å². The standard InChI is InChI=1S/C11H13BrFN/c12-9-7-8(3-4-10(9)13)11(14)5-1-2-6-11/h3-4,7H,1-2,5-6,14H2. The van der Waals surface area contributed by atoms with Crippen LogP contribution in [-0.4, -0.2) is 0 Å². The molecule has 0 saturated heterocycles. The minimum absolute atomic E-state index is 0.226. The Bertz CT molecular complexity index is 345. The summed E-state index contributed by atoms with van der Waals surface area (Å²) in [6.45, 7) is 0. The molecule has 0 radical (unpaired) electrons. The Morgan fingerprint density at radius 3 is 2.50 bits per heavy atom. The average molecular weight is 258 g/mol. The second-order valence-corrected chi connectivity index (χ2v) is 4.85. The maximum atomic E-state index is 13.0. The summed E-state index contributed by atoms with van der Waals surface area (Å²) in [5.74, 6) is -0.227. The fourth-order valence-electron chi connectivity index (χ4n) is 2.10. The van der Waals surface area contributed by atoms with Gasteiger partial charge in [-0.1, -0.05) is 18.9 Å². The molecule has 1 saturated carbocycles. The molecular formula is C11H13BrFN. The van der Waals surface area contributed by atoms with Crippen molar-refractivity contribution in [3.05, 3.63) is 34.1 Å². The Morgan fingerprint density at radius 2 is 1.93 bits per heavy atom. The minimum atomic E-state index is -0.227. The molecule has 14 heavy (non-hydrogen) atoms. The molecule has 1 aromatic rings. The fraction of sp³-hybridized carbons (Fsp3) is 0.455. The number of hydrogen-bond acceptors (Lipinski definition) is 1. The van der Waals surface area contributed by atoms with Crippen molar-refractivity contribution in [3.63, 3.8) is 0 Å². The Kier molecular flexibility index (Phi) is 2.62. The SMILES string of the molecule is NC1(c2ccc(F)c(Br)c2)CCCC1. The topological polar surface area (TPSA) is 26.0 Å². The van der Waals surface area contributed by atoms with Gasteiger partial charge in [-0.05, 0) is 46.5 Å². The van der Waals surface area contributed by atoms with Crippen molar-refractivity contribution < 1.29 is 4.39 Å². The summed E-state index contributed by atoms with van der Waals surface area (Å²) >= 11 is 3.19. The molecule has 76 valence electrons. The van der Waals surface area contributed by atoms with Gasteiger partial charge in [0.05, 0.1) is 4.47 Å². The molecule has 1 aliphatic carbocycles. The van der Waals surface area contributed by atoms with Gasteiger partial charge in [0.25, 0.3) is 0 Å². The molecule has 0 heterocycles. The van der Waals surface area contributed by atoms with E-state index < -0.39 is 0 Å². The predicted octanol–water partition coefficient (Wildman–Crippen LogP) is 3.32. The Morgan fingerprint density at radius 1 is 1.29 bits per heavy atom. The van der Waals surface area contributed by atoms with Crippen LogP contribution in [0.3, 0.4) is 0 Å². The number of benzene rings is 1. The zero-order chi connectivity index (χ0) is 10.2. The summed E-state index contributed by atoms with van der Waals surface area (Å²) in [6, 6.07) is 5.08. The number of halogens is 2. The van der Waals surface area contributed by atoms with E-state index in [0.29, 0.717) is 4.47 Å². The summed E-state index contributed by atoms with van der Waals surface area (Å²) in [4.78, 5) is 0. The highest BCUT2D eigenvalue weighted by Gasteiger charge is 2.31. The minimum Gasteiger partial charge on any atom is -0.321 e. The smallest absolute Gasteiger partial charge is 0.137 e. The molecule has 0 bridgehead atoms. The molecule has 0 aromatic heterocycles. The first-order valence-electron chi connectivity index (χ1n) is 4.86. The highest BCUT2D eigenvalue weighted by molar-refractivity contribution is 9.10. The van der Waals surface area contributed by atoms with Gasteiger partial charge in [-0.15, -0.1) is 0 Å². The first-order chi connectivity index (χ1) is 6.62. The second-order valence-electron chi connectivity index (χ2n) is 3.99. The van der Waals surface area contributed by atoms with Crippen molar-refractivity contribution in [2.45, 2.75) is 31.2 Å². The van der Waals surface area contributed by atoms with Crippen LogP contribution in [0, 0.1) is 5.82 Å². The summed E-state index contributed by atoms with van der Waals surface area (Å²) < 4.78 is 13.5. The van der Waals surface area contributed by atoms with Crippen LogP contribution in [0.2, 0.25) is 0 Å². The van der Waals surface area contributed by atoms with Crippen molar-refractivity contribution in [3.8, 4) is 0 Å². The Hall–Kier alpha value is -0.410. The molecule has 0 spiro atoms. The van der Waals surface area contributed by atoms with Gasteiger partial charge >= 0.3 is 0 Å². The highest BCUT2D eigenvalue weighted by atomic mass is 79.9. The Balaban J connectivity index is 2.36. The molecule has 1 aliphatic rings. The quantitative estimate of drug-likeness (QED) is 0.821. The van der Waals surface area contributed by atoms with Gasteiger partial charge in [-0.3, -0.25) is 0 Å². The Labute approximate surface area is 91.6 Å². The monoisotopic (exact) mass is 257 g/mol. The van der Waals surface area contributed by atoms with Crippen LogP contribution in [0.25, 0.3) is 0 Å². The largest absolute Gasteiger partial charge is 0.321 e. The van der Waals surface area contributed by atoms with Crippen molar-refractivity contribution >= 4 is 15.9 Å². The van der Waals surface area contributed by atoms with Crippen molar-refractivity contribution in [1.29, 1.82) is 0 Å². The van der Waals surface area contributed by atoms with E-state index in [9.17, 15) is 4.39 Å². The van der Waals surface area contributed by atoms with E-state index in [4.69, 9.17) is 5.73 Å². The van der Waals surface area contributed by atoms with Crippen LogP contribution in [0.4, 0.5) is 4.39 Å². The van der Waals surface area contributed by atoms with Gasteiger partial charge in [0, 0.05) is 5.54 Å². The van der Waals surface area contributed by atoms with Crippen LogP contribution in [0.5, 0.6) is 0 Å². The van der Waals surface area contributed by atoms with Crippen LogP contribution in [-0.2, 0) is 5.54 Å². The lowest BCUT2D eigenvalue weighted by atomic mass is 9.89. The molecule has 3 heteroatoms. The molecular weight excluding hydrogens is 245 g/mol. The number of rotatable bonds is 1. The van der Waals surface area contributed by atoms with E-state index in [0.717, 1.165) is 18.4 Å². The van der Waals surface area contributed by atoms with Crippen molar-refractivity contribution in [2.24, 2.45) is 5.73 Å². The first-order valence-corrected chi connectivity index (χ1v) is 5.65. The molecule has 2 rings (SSSR count). The van der Waals surface area contributed by atoms with E-state index in [1.54, 1.807) is 12.1 Å². The molecule has 0 aliphatic heterocycles. The molecule has 1 nitrogen and oxygen atoms in total. The van der Waals surface area contributed by atoms with E-state index in [-0.39, 0.29) is 11.4 Å². The lowest BCUT2D eigenvalue weighted by Crippen LogP contribution is -2.33. The van der Waals surface area contributed by atoms with Gasteiger partial charge in [-0.2, -0.15) is 0 Å². The average Bonchev–Trinajstić information content (AvgIpc) is 2.58. The van der Waals surface area contributed by atoms with Crippen molar-refractivity contribution in [2.75, 3.05) is 0 Å². The third-order valence-electron chi connectivity index (χ3n) is 2.99. The third-order valence-corrected chi connectivity index (χ3v) is 3.60. The molecule has 0 amide bonds. The highest BCUT2D eigenvalue weighted by Crippen LogP contribution is 2.37. The fourth-order valence-corrected chi connectivity index (χ4v) is 2.48. The summed E-state index contributed by atoms with van der Waals surface area (Å²) in [6.07, 6.45) is 4.35. The lowest BCUT2D eigenvalue weighted by molar-refractivity contribution is 0.460. The van der Waals surface area contributed by atoms with E-state index in [1.807, 2.05) is 0 Å². The molecule has 1 fully saturated rings. The van der Waals surface area contributed by atoms with E-state index >= 15 is 0 Å². The van der Waals surface area contributed by atoms with Crippen molar-refractivity contribution in [1.82, 2.24) is 0 Å². The number of hydrogen-bond donors (Lipinski definition) is 1. The van der Waals surface area contributed by atoms with E-state index in [2.05, 4.69) is 15.9 Å². The number of nitrogens with two attached hydrogens (primary N) is 1. The van der Waals surface area contributed by atoms with Crippen LogP contribution in [0.15, 0.2) is 22.7 Å². The molecule has 2 N–H and O–H groups in total. The summed E-state index contributed by atoms with van der Waals surface area (Å²) in [7, 11) is 0. The maximum Gasteiger partial charge on any atom is 0.137 e. The van der Waals surface area contributed by atoms with Gasteiger partial charge in [0.2, 0.25) is 0 Å². The normalized spacial score (nSPS) is 19.9. The van der Waals surface area contributed by atoms with Crippen LogP contribution < -0.4 is 5.73 Å². The molecule has 1 aromatic carbocycles. The summed E-state index contributed by atoms with van der Waals surface area (Å²) in [5, 5.41) is 0. The predicted molar refractivity (Wildman–Crippen MR) is 58.4 cm³/mol. The zero-order valence-corrected chi connectivity index (χ0v) is 9.48. The van der Waals surface area contributed by atoms with Gasteiger partial charge < -0.3 is 5.73 Å².